The van der Waals surface area contributed by atoms with Crippen molar-refractivity contribution in [3.05, 3.63) is 0 Å². The largest absolute Gasteiger partial charge is 0.425 e. The first-order valence-corrected chi connectivity index (χ1v) is 5.91. The lowest BCUT2D eigenvalue weighted by Crippen LogP contribution is -2.23. The standard InChI is InChI=1S/H8O4Si4/c1-5-2-7-4-8-3-6-1/h5-8H2/i5D2,6D2. The Balaban J connectivity index is 2.58. The van der Waals surface area contributed by atoms with Gasteiger partial charge in [-0.1, -0.05) is 0 Å². The van der Waals surface area contributed by atoms with E-state index in [-0.39, 0.29) is 0 Å². The summed E-state index contributed by atoms with van der Waals surface area (Å²) in [7, 11) is -10.3. The molecule has 0 amide bonds. The summed E-state index contributed by atoms with van der Waals surface area (Å²) in [6.07, 6.45) is 0. The highest BCUT2D eigenvalue weighted by molar-refractivity contribution is 6.50. The zero-order valence-corrected chi connectivity index (χ0v) is 8.88. The van der Waals surface area contributed by atoms with E-state index in [1.54, 1.807) is 0 Å². The third-order valence-electron chi connectivity index (χ3n) is 0.486. The second-order valence-electron chi connectivity index (χ2n) is 0.997. The average Bonchev–Trinajstić information content (AvgIpc) is 1.80. The zero-order valence-electron chi connectivity index (χ0n) is 8.05. The van der Waals surface area contributed by atoms with Crippen LogP contribution < -0.4 is 0 Å². The fourth-order valence-electron chi connectivity index (χ4n) is 0.241. The van der Waals surface area contributed by atoms with E-state index in [1.807, 2.05) is 0 Å². The molecule has 1 aliphatic heterocycles. The van der Waals surface area contributed by atoms with Crippen LogP contribution in [0.25, 0.3) is 0 Å². The molecule has 1 heterocycles. The molecule has 0 saturated carbocycles. The molecule has 0 aromatic carbocycles. The van der Waals surface area contributed by atoms with Crippen molar-refractivity contribution in [2.24, 2.45) is 0 Å². The predicted molar refractivity (Wildman–Crippen MR) is 38.5 cm³/mol. The van der Waals surface area contributed by atoms with Gasteiger partial charge in [-0.25, -0.2) is 0 Å². The van der Waals surface area contributed by atoms with Gasteiger partial charge in [0.05, 0.1) is 4.94 Å². The van der Waals surface area contributed by atoms with Crippen LogP contribution in [0.2, 0.25) is 0 Å². The van der Waals surface area contributed by atoms with E-state index in [2.05, 4.69) is 4.12 Å². The van der Waals surface area contributed by atoms with E-state index in [0.29, 0.717) is 0 Å². The Hall–Kier alpha value is 0.708. The van der Waals surface area contributed by atoms with Crippen LogP contribution >= 0.6 is 0 Å². The Morgan fingerprint density at radius 3 is 2.12 bits per heavy atom. The molecule has 48 valence electrons. The molecule has 1 rings (SSSR count). The Morgan fingerprint density at radius 1 is 0.875 bits per heavy atom. The molecular formula is H8O4Si4. The molecule has 0 unspecified atom stereocenters. The molecule has 4 nitrogen and oxygen atoms in total. The van der Waals surface area contributed by atoms with Crippen LogP contribution in [0.3, 0.4) is 0 Å². The maximum Gasteiger partial charge on any atom is 0.286 e. The third-order valence-corrected chi connectivity index (χ3v) is 4.37. The minimum Gasteiger partial charge on any atom is -0.425 e. The fraction of sp³-hybridized carbons (Fsp3) is 0. The first kappa shape index (κ1) is 3.20. The Kier molecular flexibility index (Phi) is 1.83. The predicted octanol–water partition coefficient (Wildman–Crippen LogP) is -3.94. The smallest absolute Gasteiger partial charge is 0.286 e. The fourth-order valence-corrected chi connectivity index (χ4v) is 4.73. The highest BCUT2D eigenvalue weighted by Crippen LogP contribution is 1.79. The molecule has 0 bridgehead atoms. The molecule has 0 aliphatic carbocycles. The molecule has 0 atom stereocenters. The third kappa shape index (κ3) is 2.88. The summed E-state index contributed by atoms with van der Waals surface area (Å²) in [6.45, 7) is 0. The molecule has 1 saturated heterocycles. The minimum absolute atomic E-state index is 1.35. The van der Waals surface area contributed by atoms with Gasteiger partial charge in [0.15, 0.2) is 0 Å². The van der Waals surface area contributed by atoms with Crippen LogP contribution in [0.1, 0.15) is 0 Å². The zero-order chi connectivity index (χ0) is 9.24. The van der Waals surface area contributed by atoms with E-state index in [0.717, 1.165) is 0 Å². The van der Waals surface area contributed by atoms with Gasteiger partial charge in [0.1, 0.15) is 0 Å². The molecular weight excluding hydrogens is 176 g/mol. The second kappa shape index (κ2) is 4.57. The molecule has 8 heavy (non-hydrogen) atoms. The van der Waals surface area contributed by atoms with Gasteiger partial charge < -0.3 is 16.5 Å². The molecule has 0 radical (unpaired) electrons. The van der Waals surface area contributed by atoms with Gasteiger partial charge in [0, 0.05) is 0 Å². The summed E-state index contributed by atoms with van der Waals surface area (Å²) in [6, 6.07) is 0. The van der Waals surface area contributed by atoms with Crippen molar-refractivity contribution in [1.82, 2.24) is 0 Å². The molecule has 0 spiro atoms. The summed E-state index contributed by atoms with van der Waals surface area (Å²) in [5.74, 6) is 0. The van der Waals surface area contributed by atoms with Crippen LogP contribution in [0.5, 0.6) is 0 Å². The molecule has 1 aliphatic rings. The van der Waals surface area contributed by atoms with E-state index in [4.69, 9.17) is 17.3 Å². The molecule has 0 aromatic rings. The maximum atomic E-state index is 7.16. The van der Waals surface area contributed by atoms with Crippen molar-refractivity contribution in [2.75, 3.05) is 0 Å². The summed E-state index contributed by atoms with van der Waals surface area (Å²) in [4.78, 5) is 0. The normalized spacial score (nSPS) is 50.0. The van der Waals surface area contributed by atoms with E-state index in [1.165, 1.54) is 0 Å². The van der Waals surface area contributed by atoms with Gasteiger partial charge in [0.25, 0.3) is 39.8 Å². The summed E-state index contributed by atoms with van der Waals surface area (Å²) >= 11 is 0. The van der Waals surface area contributed by atoms with Gasteiger partial charge in [-0.3, -0.25) is 0 Å². The van der Waals surface area contributed by atoms with E-state index < -0.39 is 39.8 Å². The van der Waals surface area contributed by atoms with Crippen LogP contribution in [0, 0.1) is 0 Å². The molecule has 0 N–H and O–H groups in total. The van der Waals surface area contributed by atoms with Crippen molar-refractivity contribution in [1.29, 1.82) is 4.94 Å². The van der Waals surface area contributed by atoms with Gasteiger partial charge in [-0.2, -0.15) is 0 Å². The topological polar surface area (TPSA) is 36.9 Å². The van der Waals surface area contributed by atoms with Crippen molar-refractivity contribution >= 4 is 39.8 Å². The quantitative estimate of drug-likeness (QED) is 0.364. The number of hydrogen-bond donors (Lipinski definition) is 0. The van der Waals surface area contributed by atoms with Gasteiger partial charge in [0.2, 0.25) is 0 Å². The first-order valence-electron chi connectivity index (χ1n) is 3.97. The van der Waals surface area contributed by atoms with Crippen LogP contribution in [-0.2, 0) is 16.5 Å². The summed E-state index contributed by atoms with van der Waals surface area (Å²) < 4.78 is 47.5. The van der Waals surface area contributed by atoms with E-state index in [9.17, 15) is 0 Å². The average molecular weight is 188 g/mol. The van der Waals surface area contributed by atoms with Crippen molar-refractivity contribution in [2.45, 2.75) is 0 Å². The highest BCUT2D eigenvalue weighted by atomic mass is 28.4. The van der Waals surface area contributed by atoms with Crippen LogP contribution in [-0.4, -0.2) is 44.7 Å². The van der Waals surface area contributed by atoms with Gasteiger partial charge in [-0.15, -0.1) is 0 Å². The summed E-state index contributed by atoms with van der Waals surface area (Å²) in [5, 5.41) is 0. The highest BCUT2D eigenvalue weighted by Gasteiger charge is 1.97. The van der Waals surface area contributed by atoms with Gasteiger partial charge >= 0.3 is 0 Å². The number of rotatable bonds is 0. The molecule has 0 aromatic heterocycles. The Bertz CT molecular complexity index is 145. The Labute approximate surface area is 62.0 Å². The SMILES string of the molecule is [2H][Si]1([2H])O[SiH2]O[SiH2]O[Si]([2H])([2H])O1. The number of hydrogen-bond acceptors (Lipinski definition) is 4. The van der Waals surface area contributed by atoms with E-state index >= 15 is 0 Å². The Morgan fingerprint density at radius 2 is 1.50 bits per heavy atom. The van der Waals surface area contributed by atoms with Crippen molar-refractivity contribution in [3.8, 4) is 0 Å². The van der Waals surface area contributed by atoms with Crippen LogP contribution in [0.4, 0.5) is 0 Å². The molecule has 8 heteroatoms. The van der Waals surface area contributed by atoms with Gasteiger partial charge in [-0.05, 0) is 0 Å². The van der Waals surface area contributed by atoms with Crippen LogP contribution in [0.15, 0.2) is 0 Å². The van der Waals surface area contributed by atoms with Crippen molar-refractivity contribution < 1.29 is 16.5 Å². The van der Waals surface area contributed by atoms with Crippen molar-refractivity contribution in [3.63, 3.8) is 0 Å². The summed E-state index contributed by atoms with van der Waals surface area (Å²) in [5.41, 5.74) is 0. The first-order chi connectivity index (χ1) is 5.41. The lowest BCUT2D eigenvalue weighted by Gasteiger charge is -2.10. The molecule has 1 fully saturated rings. The minimum atomic E-state index is -3.79. The second-order valence-corrected chi connectivity index (χ2v) is 6.56. The lowest BCUT2D eigenvalue weighted by molar-refractivity contribution is 0.347. The lowest BCUT2D eigenvalue weighted by atomic mass is 15.7. The monoisotopic (exact) mass is 188 g/mol. The maximum absolute atomic E-state index is 7.16.